The lowest BCUT2D eigenvalue weighted by atomic mass is 10.1. The minimum Gasteiger partial charge on any atom is -0.438 e. The molecule has 1 amide bonds. The quantitative estimate of drug-likeness (QED) is 0.561. The van der Waals surface area contributed by atoms with Crippen molar-refractivity contribution in [3.05, 3.63) is 74.8 Å². The van der Waals surface area contributed by atoms with Crippen LogP contribution in [0, 0.1) is 29.4 Å². The van der Waals surface area contributed by atoms with Crippen LogP contribution in [-0.4, -0.2) is 10.8 Å². The molecule has 25 heavy (non-hydrogen) atoms. The number of fused-ring (bicyclic) bond motifs is 1. The van der Waals surface area contributed by atoms with Gasteiger partial charge in [0.05, 0.1) is 4.92 Å². The summed E-state index contributed by atoms with van der Waals surface area (Å²) in [7, 11) is 0. The summed E-state index contributed by atoms with van der Waals surface area (Å²) in [5.41, 5.74) is 2.63. The molecular formula is C18H15N3O4. The Morgan fingerprint density at radius 3 is 2.56 bits per heavy atom. The van der Waals surface area contributed by atoms with Crippen LogP contribution in [0.15, 0.2) is 46.9 Å². The molecule has 0 saturated carbocycles. The number of hydrogen-bond donors (Lipinski definition) is 2. The second kappa shape index (κ2) is 6.20. The third-order valence-corrected chi connectivity index (χ3v) is 3.97. The molecule has 0 spiro atoms. The molecule has 7 nitrogen and oxygen atoms in total. The van der Waals surface area contributed by atoms with E-state index in [1.54, 1.807) is 6.07 Å². The molecule has 0 unspecified atom stereocenters. The number of carbonyl (C=O) groups excluding carboxylic acids is 1. The molecule has 1 aromatic heterocycles. The van der Waals surface area contributed by atoms with E-state index in [-0.39, 0.29) is 16.8 Å². The summed E-state index contributed by atoms with van der Waals surface area (Å²) >= 11 is 0. The summed E-state index contributed by atoms with van der Waals surface area (Å²) in [6.45, 7) is 3.91. The number of rotatable bonds is 3. The zero-order valence-electron chi connectivity index (χ0n) is 13.6. The number of aryl methyl sites for hydroxylation is 2. The molecule has 0 aliphatic heterocycles. The fraction of sp³-hybridized carbons (Fsp3) is 0.111. The number of anilines is 1. The van der Waals surface area contributed by atoms with E-state index >= 15 is 0 Å². The van der Waals surface area contributed by atoms with E-state index in [0.717, 1.165) is 11.1 Å². The van der Waals surface area contributed by atoms with Crippen LogP contribution in [-0.2, 0) is 0 Å². The lowest BCUT2D eigenvalue weighted by Gasteiger charge is -2.08. The van der Waals surface area contributed by atoms with E-state index in [9.17, 15) is 14.9 Å². The number of non-ortho nitro benzene ring substituents is 1. The van der Waals surface area contributed by atoms with Crippen molar-refractivity contribution in [1.29, 1.82) is 5.41 Å². The van der Waals surface area contributed by atoms with E-state index in [2.05, 4.69) is 5.32 Å². The molecule has 1 heterocycles. The van der Waals surface area contributed by atoms with Crippen LogP contribution in [0.4, 0.5) is 11.4 Å². The molecule has 0 aliphatic rings. The number of carbonyl (C=O) groups is 1. The first-order chi connectivity index (χ1) is 11.8. The van der Waals surface area contributed by atoms with Gasteiger partial charge in [0, 0.05) is 23.2 Å². The highest BCUT2D eigenvalue weighted by molar-refractivity contribution is 6.05. The SMILES string of the molecule is Cc1ccc(NC(=O)c2cc3cc([N+](=O)[O-])ccc3oc2=N)cc1C. The van der Waals surface area contributed by atoms with Crippen molar-refractivity contribution in [3.8, 4) is 0 Å². The highest BCUT2D eigenvalue weighted by Gasteiger charge is 2.14. The van der Waals surface area contributed by atoms with Crippen molar-refractivity contribution in [1.82, 2.24) is 0 Å². The number of amides is 1. The van der Waals surface area contributed by atoms with Gasteiger partial charge in [0.25, 0.3) is 11.6 Å². The normalized spacial score (nSPS) is 10.6. The molecule has 3 aromatic rings. The third-order valence-electron chi connectivity index (χ3n) is 3.97. The third kappa shape index (κ3) is 3.25. The van der Waals surface area contributed by atoms with Crippen molar-refractivity contribution in [2.45, 2.75) is 13.8 Å². The number of nitrogens with zero attached hydrogens (tertiary/aromatic N) is 1. The average Bonchev–Trinajstić information content (AvgIpc) is 2.57. The molecule has 2 aromatic carbocycles. The van der Waals surface area contributed by atoms with E-state index in [1.165, 1.54) is 24.3 Å². The molecule has 3 rings (SSSR count). The van der Waals surface area contributed by atoms with Gasteiger partial charge in [-0.25, -0.2) is 0 Å². The summed E-state index contributed by atoms with van der Waals surface area (Å²) in [4.78, 5) is 22.8. The van der Waals surface area contributed by atoms with Gasteiger partial charge in [0.1, 0.15) is 11.1 Å². The highest BCUT2D eigenvalue weighted by Crippen LogP contribution is 2.21. The lowest BCUT2D eigenvalue weighted by molar-refractivity contribution is -0.384. The van der Waals surface area contributed by atoms with Gasteiger partial charge < -0.3 is 9.73 Å². The maximum atomic E-state index is 12.5. The molecule has 0 fully saturated rings. The number of benzene rings is 2. The Labute approximate surface area is 142 Å². The molecule has 2 N–H and O–H groups in total. The van der Waals surface area contributed by atoms with E-state index < -0.39 is 10.8 Å². The number of nitro groups is 1. The number of nitro benzene ring substituents is 1. The van der Waals surface area contributed by atoms with Gasteiger partial charge in [-0.05, 0) is 49.2 Å². The van der Waals surface area contributed by atoms with Crippen LogP contribution in [0.2, 0.25) is 0 Å². The van der Waals surface area contributed by atoms with Crippen LogP contribution in [0.25, 0.3) is 11.0 Å². The standard InChI is InChI=1S/C18H15N3O4/c1-10-3-4-13(7-11(10)2)20-18(22)15-9-12-8-14(21(23)24)5-6-16(12)25-17(15)19/h3-9,19H,1-2H3,(H,20,22). The van der Waals surface area contributed by atoms with Crippen molar-refractivity contribution in [3.63, 3.8) is 0 Å². The van der Waals surface area contributed by atoms with Crippen LogP contribution in [0.1, 0.15) is 21.5 Å². The Morgan fingerprint density at radius 1 is 1.12 bits per heavy atom. The first kappa shape index (κ1) is 16.4. The second-order valence-electron chi connectivity index (χ2n) is 5.72. The maximum absolute atomic E-state index is 12.5. The monoisotopic (exact) mass is 337 g/mol. The topological polar surface area (TPSA) is 109 Å². The first-order valence-electron chi connectivity index (χ1n) is 7.50. The van der Waals surface area contributed by atoms with E-state index in [1.807, 2.05) is 26.0 Å². The summed E-state index contributed by atoms with van der Waals surface area (Å²) in [5.74, 6) is -0.509. The zero-order valence-corrected chi connectivity index (χ0v) is 13.6. The van der Waals surface area contributed by atoms with Gasteiger partial charge in [-0.3, -0.25) is 20.3 Å². The summed E-state index contributed by atoms with van der Waals surface area (Å²) < 4.78 is 5.31. The summed E-state index contributed by atoms with van der Waals surface area (Å²) in [5, 5.41) is 21.9. The molecule has 0 saturated heterocycles. The number of hydrogen-bond acceptors (Lipinski definition) is 5. The molecule has 0 radical (unpaired) electrons. The van der Waals surface area contributed by atoms with Crippen molar-refractivity contribution < 1.29 is 14.1 Å². The van der Waals surface area contributed by atoms with Crippen LogP contribution < -0.4 is 10.9 Å². The van der Waals surface area contributed by atoms with Crippen LogP contribution >= 0.6 is 0 Å². The minimum atomic E-state index is -0.525. The Morgan fingerprint density at radius 2 is 1.88 bits per heavy atom. The Kier molecular flexibility index (Phi) is 4.06. The van der Waals surface area contributed by atoms with Crippen LogP contribution in [0.3, 0.4) is 0 Å². The molecule has 0 bridgehead atoms. The van der Waals surface area contributed by atoms with E-state index in [0.29, 0.717) is 16.7 Å². The zero-order chi connectivity index (χ0) is 18.1. The second-order valence-corrected chi connectivity index (χ2v) is 5.72. The van der Waals surface area contributed by atoms with Crippen molar-refractivity contribution >= 4 is 28.3 Å². The largest absolute Gasteiger partial charge is 0.438 e. The predicted octanol–water partition coefficient (Wildman–Crippen LogP) is 3.69. The average molecular weight is 337 g/mol. The van der Waals surface area contributed by atoms with Gasteiger partial charge in [-0.15, -0.1) is 0 Å². The van der Waals surface area contributed by atoms with Crippen molar-refractivity contribution in [2.24, 2.45) is 0 Å². The molecule has 0 aliphatic carbocycles. The van der Waals surface area contributed by atoms with Crippen molar-refractivity contribution in [2.75, 3.05) is 5.32 Å². The fourth-order valence-corrected chi connectivity index (χ4v) is 2.43. The lowest BCUT2D eigenvalue weighted by Crippen LogP contribution is -2.20. The Balaban J connectivity index is 1.99. The smallest absolute Gasteiger partial charge is 0.270 e. The number of nitrogens with one attached hydrogen (secondary N) is 2. The predicted molar refractivity (Wildman–Crippen MR) is 92.6 cm³/mol. The molecular weight excluding hydrogens is 322 g/mol. The Hall–Kier alpha value is -3.48. The van der Waals surface area contributed by atoms with Gasteiger partial charge in [-0.2, -0.15) is 0 Å². The van der Waals surface area contributed by atoms with Gasteiger partial charge in [0.2, 0.25) is 5.55 Å². The minimum absolute atomic E-state index is 0.00576. The van der Waals surface area contributed by atoms with Gasteiger partial charge in [-0.1, -0.05) is 6.07 Å². The Bertz CT molecular complexity index is 1070. The maximum Gasteiger partial charge on any atom is 0.270 e. The molecule has 0 atom stereocenters. The molecule has 7 heteroatoms. The summed E-state index contributed by atoms with van der Waals surface area (Å²) in [6, 6.07) is 10.9. The van der Waals surface area contributed by atoms with Gasteiger partial charge in [0.15, 0.2) is 0 Å². The fourth-order valence-electron chi connectivity index (χ4n) is 2.43. The van der Waals surface area contributed by atoms with Gasteiger partial charge >= 0.3 is 0 Å². The van der Waals surface area contributed by atoms with Crippen LogP contribution in [0.5, 0.6) is 0 Å². The first-order valence-corrected chi connectivity index (χ1v) is 7.50. The highest BCUT2D eigenvalue weighted by atomic mass is 16.6. The summed E-state index contributed by atoms with van der Waals surface area (Å²) in [6.07, 6.45) is 0. The van der Waals surface area contributed by atoms with E-state index in [4.69, 9.17) is 9.83 Å². The molecule has 126 valence electrons.